The molecule has 1 aliphatic rings. The molecule has 1 aliphatic carbocycles. The molecular formula is C15H20OS. The molecule has 0 aliphatic heterocycles. The number of carbonyl (C=O) groups excluding carboxylic acids is 1. The largest absolute Gasteiger partial charge is 0.293 e. The maximum Gasteiger partial charge on any atom is 0.172 e. The van der Waals surface area contributed by atoms with Gasteiger partial charge in [0, 0.05) is 11.3 Å². The minimum absolute atomic E-state index is 0.324. The second kappa shape index (κ2) is 6.15. The number of Topliss-reactive ketones (excluding diaryl/α,β-unsaturated/α-hetero) is 1. The Balaban J connectivity index is 2.01. The Morgan fingerprint density at radius 2 is 2.18 bits per heavy atom. The highest BCUT2D eigenvalue weighted by Gasteiger charge is 2.15. The number of hydrogen-bond donors (Lipinski definition) is 0. The lowest BCUT2D eigenvalue weighted by molar-refractivity contribution is 0.0984. The van der Waals surface area contributed by atoms with Crippen LogP contribution in [0.5, 0.6) is 0 Å². The first-order chi connectivity index (χ1) is 8.31. The average molecular weight is 248 g/mol. The Hall–Kier alpha value is -0.890. The van der Waals surface area contributed by atoms with E-state index in [2.05, 4.69) is 12.6 Å². The van der Waals surface area contributed by atoms with Crippen LogP contribution in [0, 0.1) is 0 Å². The third-order valence-corrected chi connectivity index (χ3v) is 4.61. The molecule has 0 radical (unpaired) electrons. The quantitative estimate of drug-likeness (QED) is 0.323. The van der Waals surface area contributed by atoms with Crippen LogP contribution in [0.4, 0.5) is 0 Å². The van der Waals surface area contributed by atoms with Crippen molar-refractivity contribution in [3.8, 4) is 0 Å². The number of thiophene rings is 1. The van der Waals surface area contributed by atoms with Crippen LogP contribution in [0.25, 0.3) is 0 Å². The van der Waals surface area contributed by atoms with Crippen LogP contribution in [0.3, 0.4) is 0 Å². The van der Waals surface area contributed by atoms with Gasteiger partial charge in [-0.25, -0.2) is 0 Å². The summed E-state index contributed by atoms with van der Waals surface area (Å²) in [5, 5.41) is 0. The molecule has 0 fully saturated rings. The number of fused-ring (bicyclic) bond motifs is 1. The fraction of sp³-hybridized carbons (Fsp3) is 0.533. The monoisotopic (exact) mass is 248 g/mol. The first-order valence-corrected chi connectivity index (χ1v) is 7.38. The number of carbonyl (C=O) groups is 1. The summed E-state index contributed by atoms with van der Waals surface area (Å²) in [6.45, 7) is 3.69. The molecule has 1 nitrogen and oxygen atoms in total. The molecule has 2 rings (SSSR count). The van der Waals surface area contributed by atoms with Gasteiger partial charge in [0.1, 0.15) is 0 Å². The van der Waals surface area contributed by atoms with E-state index in [-0.39, 0.29) is 0 Å². The number of allylic oxidation sites excluding steroid dienone is 1. The number of aryl methyl sites for hydroxylation is 2. The zero-order valence-corrected chi connectivity index (χ0v) is 11.2. The van der Waals surface area contributed by atoms with E-state index in [1.165, 1.54) is 42.5 Å². The molecule has 92 valence electrons. The van der Waals surface area contributed by atoms with E-state index in [9.17, 15) is 4.79 Å². The van der Waals surface area contributed by atoms with Gasteiger partial charge in [-0.15, -0.1) is 17.9 Å². The highest BCUT2D eigenvalue weighted by molar-refractivity contribution is 7.14. The Morgan fingerprint density at radius 1 is 1.35 bits per heavy atom. The molecule has 0 unspecified atom stereocenters. The van der Waals surface area contributed by atoms with E-state index in [0.717, 1.165) is 17.7 Å². The lowest BCUT2D eigenvalue weighted by atomic mass is 10.1. The van der Waals surface area contributed by atoms with Crippen LogP contribution in [0.1, 0.15) is 58.6 Å². The van der Waals surface area contributed by atoms with E-state index < -0.39 is 0 Å². The van der Waals surface area contributed by atoms with Crippen molar-refractivity contribution in [3.05, 3.63) is 34.0 Å². The molecule has 1 aromatic heterocycles. The Bertz CT molecular complexity index is 380. The van der Waals surface area contributed by atoms with Gasteiger partial charge < -0.3 is 0 Å². The van der Waals surface area contributed by atoms with E-state index in [1.54, 1.807) is 11.3 Å². The first-order valence-electron chi connectivity index (χ1n) is 6.57. The lowest BCUT2D eigenvalue weighted by Crippen LogP contribution is -1.95. The van der Waals surface area contributed by atoms with Gasteiger partial charge in [0.25, 0.3) is 0 Å². The SMILES string of the molecule is C=CCCCC(=O)c1cc2c(s1)CCCCC2. The summed E-state index contributed by atoms with van der Waals surface area (Å²) >= 11 is 1.74. The summed E-state index contributed by atoms with van der Waals surface area (Å²) in [5.41, 5.74) is 1.44. The number of rotatable bonds is 5. The van der Waals surface area contributed by atoms with Crippen molar-refractivity contribution in [3.63, 3.8) is 0 Å². The highest BCUT2D eigenvalue weighted by Crippen LogP contribution is 2.29. The molecule has 0 bridgehead atoms. The Labute approximate surface area is 108 Å². The fourth-order valence-electron chi connectivity index (χ4n) is 2.34. The third kappa shape index (κ3) is 3.29. The topological polar surface area (TPSA) is 17.1 Å². The summed E-state index contributed by atoms with van der Waals surface area (Å²) in [6.07, 6.45) is 10.7. The van der Waals surface area contributed by atoms with Gasteiger partial charge in [-0.3, -0.25) is 4.79 Å². The fourth-order valence-corrected chi connectivity index (χ4v) is 3.56. The predicted octanol–water partition coefficient (Wildman–Crippen LogP) is 4.56. The van der Waals surface area contributed by atoms with Crippen molar-refractivity contribution in [1.29, 1.82) is 0 Å². The summed E-state index contributed by atoms with van der Waals surface area (Å²) in [6, 6.07) is 2.15. The van der Waals surface area contributed by atoms with Crippen molar-refractivity contribution in [2.24, 2.45) is 0 Å². The lowest BCUT2D eigenvalue weighted by Gasteiger charge is -1.96. The standard InChI is InChI=1S/C15H20OS/c1-2-3-5-9-13(16)15-11-12-8-6-4-7-10-14(12)17-15/h2,11H,1,3-10H2. The second-order valence-electron chi connectivity index (χ2n) is 4.72. The molecule has 0 N–H and O–H groups in total. The van der Waals surface area contributed by atoms with Crippen LogP contribution < -0.4 is 0 Å². The number of ketones is 1. The van der Waals surface area contributed by atoms with Crippen LogP contribution >= 0.6 is 11.3 Å². The summed E-state index contributed by atoms with van der Waals surface area (Å²) in [4.78, 5) is 14.5. The summed E-state index contributed by atoms with van der Waals surface area (Å²) < 4.78 is 0. The minimum Gasteiger partial charge on any atom is -0.293 e. The van der Waals surface area contributed by atoms with Crippen LogP contribution in [0.15, 0.2) is 18.7 Å². The number of hydrogen-bond acceptors (Lipinski definition) is 2. The molecule has 17 heavy (non-hydrogen) atoms. The van der Waals surface area contributed by atoms with Gasteiger partial charge in [0.15, 0.2) is 5.78 Å². The highest BCUT2D eigenvalue weighted by atomic mass is 32.1. The molecule has 0 amide bonds. The third-order valence-electron chi connectivity index (χ3n) is 3.33. The van der Waals surface area contributed by atoms with Crippen LogP contribution in [-0.2, 0) is 12.8 Å². The molecule has 1 heterocycles. The normalized spacial score (nSPS) is 15.1. The van der Waals surface area contributed by atoms with Crippen LogP contribution in [-0.4, -0.2) is 5.78 Å². The van der Waals surface area contributed by atoms with Gasteiger partial charge in [-0.05, 0) is 50.2 Å². The van der Waals surface area contributed by atoms with Gasteiger partial charge in [0.2, 0.25) is 0 Å². The smallest absolute Gasteiger partial charge is 0.172 e. The van der Waals surface area contributed by atoms with E-state index in [0.29, 0.717) is 12.2 Å². The van der Waals surface area contributed by atoms with Crippen LogP contribution in [0.2, 0.25) is 0 Å². The minimum atomic E-state index is 0.324. The van der Waals surface area contributed by atoms with Crippen molar-refractivity contribution in [1.82, 2.24) is 0 Å². The van der Waals surface area contributed by atoms with Gasteiger partial charge in [0.05, 0.1) is 4.88 Å². The summed E-state index contributed by atoms with van der Waals surface area (Å²) in [5.74, 6) is 0.324. The molecule has 0 aromatic carbocycles. The average Bonchev–Trinajstić information content (AvgIpc) is 2.61. The number of unbranched alkanes of at least 4 members (excludes halogenated alkanes) is 1. The summed E-state index contributed by atoms with van der Waals surface area (Å²) in [7, 11) is 0. The van der Waals surface area contributed by atoms with Crippen molar-refractivity contribution >= 4 is 17.1 Å². The zero-order valence-electron chi connectivity index (χ0n) is 10.3. The van der Waals surface area contributed by atoms with Gasteiger partial charge in [-0.2, -0.15) is 0 Å². The molecular weight excluding hydrogens is 228 g/mol. The Morgan fingerprint density at radius 3 is 3.00 bits per heavy atom. The van der Waals surface area contributed by atoms with E-state index in [1.807, 2.05) is 6.08 Å². The first kappa shape index (κ1) is 12.6. The molecule has 0 saturated heterocycles. The van der Waals surface area contributed by atoms with Crippen molar-refractivity contribution < 1.29 is 4.79 Å². The molecule has 0 saturated carbocycles. The van der Waals surface area contributed by atoms with Crippen molar-refractivity contribution in [2.75, 3.05) is 0 Å². The van der Waals surface area contributed by atoms with E-state index >= 15 is 0 Å². The molecule has 1 aromatic rings. The van der Waals surface area contributed by atoms with Crippen molar-refractivity contribution in [2.45, 2.75) is 51.4 Å². The zero-order chi connectivity index (χ0) is 12.1. The van der Waals surface area contributed by atoms with Gasteiger partial charge in [-0.1, -0.05) is 12.5 Å². The van der Waals surface area contributed by atoms with Gasteiger partial charge >= 0.3 is 0 Å². The maximum absolute atomic E-state index is 12.0. The Kier molecular flexibility index (Phi) is 4.55. The molecule has 0 spiro atoms. The molecule has 2 heteroatoms. The molecule has 0 atom stereocenters. The maximum atomic E-state index is 12.0. The predicted molar refractivity (Wildman–Crippen MR) is 74.0 cm³/mol. The van der Waals surface area contributed by atoms with E-state index in [4.69, 9.17) is 0 Å². The second-order valence-corrected chi connectivity index (χ2v) is 5.86.